The Morgan fingerprint density at radius 2 is 2.05 bits per heavy atom. The van der Waals surface area contributed by atoms with Gasteiger partial charge >= 0.3 is 0 Å². The van der Waals surface area contributed by atoms with Gasteiger partial charge in [-0.05, 0) is 43.1 Å². The van der Waals surface area contributed by atoms with Crippen LogP contribution in [0.15, 0.2) is 47.1 Å². The lowest BCUT2D eigenvalue weighted by atomic mass is 10.1. The predicted molar refractivity (Wildman–Crippen MR) is 83.0 cm³/mol. The Hall–Kier alpha value is -2.27. The van der Waals surface area contributed by atoms with Crippen LogP contribution in [0.2, 0.25) is 5.22 Å². The molecule has 0 spiro atoms. The molecule has 0 bridgehead atoms. The third kappa shape index (κ3) is 2.60. The van der Waals surface area contributed by atoms with Crippen LogP contribution in [0.5, 0.6) is 0 Å². The fourth-order valence-electron chi connectivity index (χ4n) is 2.72. The molecule has 2 amide bonds. The van der Waals surface area contributed by atoms with Gasteiger partial charge in [0.05, 0.1) is 11.8 Å². The molecule has 2 atom stereocenters. The van der Waals surface area contributed by atoms with Crippen molar-refractivity contribution < 1.29 is 14.0 Å². The maximum absolute atomic E-state index is 12.6. The van der Waals surface area contributed by atoms with Crippen molar-refractivity contribution in [3.8, 4) is 0 Å². The highest BCUT2D eigenvalue weighted by atomic mass is 35.5. The average molecular weight is 319 g/mol. The van der Waals surface area contributed by atoms with E-state index in [0.717, 1.165) is 5.69 Å². The predicted octanol–water partition coefficient (Wildman–Crippen LogP) is 2.86. The van der Waals surface area contributed by atoms with Gasteiger partial charge in [-0.25, -0.2) is 0 Å². The summed E-state index contributed by atoms with van der Waals surface area (Å²) in [6, 6.07) is 10.4. The molecular formula is C16H15ClN2O3. The molecule has 5 nitrogen and oxygen atoms in total. The molecule has 1 aliphatic heterocycles. The molecule has 1 saturated heterocycles. The molecule has 0 saturated carbocycles. The van der Waals surface area contributed by atoms with Gasteiger partial charge in [-0.15, -0.1) is 0 Å². The van der Waals surface area contributed by atoms with Crippen molar-refractivity contribution in [3.63, 3.8) is 0 Å². The number of carbonyl (C=O) groups excluding carboxylic acids is 2. The van der Waals surface area contributed by atoms with Crippen molar-refractivity contribution in [2.45, 2.75) is 25.4 Å². The standard InChI is InChI=1S/C16H15ClN2O3/c1-10-9-13(18-15(20)12-7-8-22-14(12)17)16(21)19(10)11-5-3-2-4-6-11/h2-8,10,13H,9H2,1H3,(H,18,20). The van der Waals surface area contributed by atoms with E-state index in [0.29, 0.717) is 6.42 Å². The van der Waals surface area contributed by atoms with Crippen LogP contribution in [0.25, 0.3) is 0 Å². The molecule has 0 radical (unpaired) electrons. The second-order valence-electron chi connectivity index (χ2n) is 5.26. The molecule has 1 fully saturated rings. The molecule has 2 aromatic rings. The smallest absolute Gasteiger partial charge is 0.256 e. The lowest BCUT2D eigenvalue weighted by Crippen LogP contribution is -2.41. The Morgan fingerprint density at radius 1 is 1.32 bits per heavy atom. The summed E-state index contributed by atoms with van der Waals surface area (Å²) in [5, 5.41) is 2.75. The van der Waals surface area contributed by atoms with E-state index in [4.69, 9.17) is 16.0 Å². The van der Waals surface area contributed by atoms with Gasteiger partial charge in [0.2, 0.25) is 11.1 Å². The molecule has 114 valence electrons. The SMILES string of the molecule is CC1CC(NC(=O)c2ccoc2Cl)C(=O)N1c1ccccc1. The highest BCUT2D eigenvalue weighted by Gasteiger charge is 2.39. The highest BCUT2D eigenvalue weighted by Crippen LogP contribution is 2.27. The van der Waals surface area contributed by atoms with E-state index in [1.165, 1.54) is 12.3 Å². The van der Waals surface area contributed by atoms with Gasteiger partial charge in [-0.1, -0.05) is 18.2 Å². The van der Waals surface area contributed by atoms with E-state index < -0.39 is 11.9 Å². The Balaban J connectivity index is 1.76. The van der Waals surface area contributed by atoms with Crippen LogP contribution in [0.3, 0.4) is 0 Å². The summed E-state index contributed by atoms with van der Waals surface area (Å²) >= 11 is 5.79. The number of hydrogen-bond acceptors (Lipinski definition) is 3. The largest absolute Gasteiger partial charge is 0.452 e. The molecule has 0 aliphatic carbocycles. The van der Waals surface area contributed by atoms with Crippen molar-refractivity contribution in [2.75, 3.05) is 4.90 Å². The van der Waals surface area contributed by atoms with Crippen LogP contribution in [0, 0.1) is 0 Å². The molecule has 2 unspecified atom stereocenters. The average Bonchev–Trinajstić information content (AvgIpc) is 3.04. The molecule has 1 N–H and O–H groups in total. The van der Waals surface area contributed by atoms with Crippen LogP contribution in [0.4, 0.5) is 5.69 Å². The molecule has 2 heterocycles. The molecule has 1 aromatic heterocycles. The molecule has 22 heavy (non-hydrogen) atoms. The van der Waals surface area contributed by atoms with E-state index in [9.17, 15) is 9.59 Å². The summed E-state index contributed by atoms with van der Waals surface area (Å²) in [4.78, 5) is 26.4. The van der Waals surface area contributed by atoms with Crippen molar-refractivity contribution in [2.24, 2.45) is 0 Å². The zero-order valence-electron chi connectivity index (χ0n) is 12.0. The molecule has 6 heteroatoms. The van der Waals surface area contributed by atoms with Gasteiger partial charge in [0, 0.05) is 11.7 Å². The normalized spacial score (nSPS) is 21.2. The summed E-state index contributed by atoms with van der Waals surface area (Å²) in [6.07, 6.45) is 1.89. The number of amides is 2. The van der Waals surface area contributed by atoms with Gasteiger partial charge < -0.3 is 14.6 Å². The molecule has 1 aromatic carbocycles. The number of hydrogen-bond donors (Lipinski definition) is 1. The molecule has 1 aliphatic rings. The Bertz CT molecular complexity index is 698. The number of anilines is 1. The first-order valence-corrected chi connectivity index (χ1v) is 7.37. The van der Waals surface area contributed by atoms with Crippen molar-refractivity contribution in [3.05, 3.63) is 53.4 Å². The summed E-state index contributed by atoms with van der Waals surface area (Å²) in [5.41, 5.74) is 1.07. The third-order valence-corrected chi connectivity index (χ3v) is 4.05. The number of rotatable bonds is 3. The van der Waals surface area contributed by atoms with Crippen molar-refractivity contribution in [1.82, 2.24) is 5.32 Å². The van der Waals surface area contributed by atoms with Crippen molar-refractivity contribution in [1.29, 1.82) is 0 Å². The molecular weight excluding hydrogens is 304 g/mol. The lowest BCUT2D eigenvalue weighted by Gasteiger charge is -2.21. The minimum Gasteiger partial charge on any atom is -0.452 e. The summed E-state index contributed by atoms with van der Waals surface area (Å²) in [6.45, 7) is 1.96. The van der Waals surface area contributed by atoms with Crippen molar-refractivity contribution >= 4 is 29.1 Å². The maximum atomic E-state index is 12.6. The minimum atomic E-state index is -0.561. The number of benzene rings is 1. The first-order chi connectivity index (χ1) is 10.6. The van der Waals surface area contributed by atoms with Gasteiger partial charge in [-0.2, -0.15) is 0 Å². The summed E-state index contributed by atoms with van der Waals surface area (Å²) in [5.74, 6) is -0.522. The quantitative estimate of drug-likeness (QED) is 0.946. The van der Waals surface area contributed by atoms with Crippen LogP contribution < -0.4 is 10.2 Å². The number of nitrogens with zero attached hydrogens (tertiary/aromatic N) is 1. The first kappa shape index (κ1) is 14.7. The van der Waals surface area contributed by atoms with E-state index in [1.807, 2.05) is 37.3 Å². The van der Waals surface area contributed by atoms with Gasteiger partial charge in [0.25, 0.3) is 5.91 Å². The van der Waals surface area contributed by atoms with Crippen LogP contribution >= 0.6 is 11.6 Å². The van der Waals surface area contributed by atoms with Gasteiger partial charge in [0.15, 0.2) is 0 Å². The zero-order chi connectivity index (χ0) is 15.7. The van der Waals surface area contributed by atoms with Crippen LogP contribution in [0.1, 0.15) is 23.7 Å². The van der Waals surface area contributed by atoms with E-state index in [-0.39, 0.29) is 22.7 Å². The second-order valence-corrected chi connectivity index (χ2v) is 5.61. The van der Waals surface area contributed by atoms with Crippen LogP contribution in [-0.2, 0) is 4.79 Å². The fourth-order valence-corrected chi connectivity index (χ4v) is 2.92. The van der Waals surface area contributed by atoms with Crippen LogP contribution in [-0.4, -0.2) is 23.9 Å². The Labute approximate surface area is 132 Å². The number of furan rings is 1. The first-order valence-electron chi connectivity index (χ1n) is 7.00. The van der Waals surface area contributed by atoms with E-state index in [1.54, 1.807) is 4.90 Å². The number of halogens is 1. The van der Waals surface area contributed by atoms with Gasteiger partial charge in [-0.3, -0.25) is 9.59 Å². The van der Waals surface area contributed by atoms with E-state index >= 15 is 0 Å². The highest BCUT2D eigenvalue weighted by molar-refractivity contribution is 6.32. The number of nitrogens with one attached hydrogen (secondary N) is 1. The fraction of sp³-hybridized carbons (Fsp3) is 0.250. The monoisotopic (exact) mass is 318 g/mol. The minimum absolute atomic E-state index is 0.0139. The van der Waals surface area contributed by atoms with Gasteiger partial charge in [0.1, 0.15) is 6.04 Å². The Morgan fingerprint density at radius 3 is 2.68 bits per heavy atom. The summed E-state index contributed by atoms with van der Waals surface area (Å²) < 4.78 is 4.90. The maximum Gasteiger partial charge on any atom is 0.256 e. The third-order valence-electron chi connectivity index (χ3n) is 3.76. The zero-order valence-corrected chi connectivity index (χ0v) is 12.7. The topological polar surface area (TPSA) is 62.6 Å². The summed E-state index contributed by atoms with van der Waals surface area (Å²) in [7, 11) is 0. The van der Waals surface area contributed by atoms with E-state index in [2.05, 4.69) is 5.32 Å². The Kier molecular flexibility index (Phi) is 3.90. The number of para-hydroxylation sites is 1. The molecule has 3 rings (SSSR count). The lowest BCUT2D eigenvalue weighted by molar-refractivity contribution is -0.118. The second kappa shape index (κ2) is 5.85. The number of carbonyl (C=O) groups is 2.